The van der Waals surface area contributed by atoms with E-state index in [4.69, 9.17) is 9.47 Å². The Morgan fingerprint density at radius 1 is 1.10 bits per heavy atom. The summed E-state index contributed by atoms with van der Waals surface area (Å²) in [7, 11) is 1.71. The first kappa shape index (κ1) is 18.1. The van der Waals surface area contributed by atoms with Gasteiger partial charge in [0.05, 0.1) is 24.8 Å². The molecule has 0 aliphatic carbocycles. The Labute approximate surface area is 169 Å². The molecule has 0 unspecified atom stereocenters. The summed E-state index contributed by atoms with van der Waals surface area (Å²) < 4.78 is 12.0. The van der Waals surface area contributed by atoms with Gasteiger partial charge in [-0.05, 0) is 43.0 Å². The number of para-hydroxylation sites is 1. The molecule has 2 aliphatic heterocycles. The van der Waals surface area contributed by atoms with Gasteiger partial charge in [0.2, 0.25) is 0 Å². The van der Waals surface area contributed by atoms with Crippen molar-refractivity contribution < 1.29 is 14.3 Å². The van der Waals surface area contributed by atoms with Crippen molar-refractivity contribution in [2.24, 2.45) is 0 Å². The van der Waals surface area contributed by atoms with E-state index >= 15 is 0 Å². The fraction of sp³-hybridized carbons (Fsp3) is 0.348. The van der Waals surface area contributed by atoms with Crippen LogP contribution in [0, 0.1) is 0 Å². The van der Waals surface area contributed by atoms with Crippen molar-refractivity contribution in [1.82, 2.24) is 14.9 Å². The fourth-order valence-electron chi connectivity index (χ4n) is 4.70. The van der Waals surface area contributed by atoms with Crippen LogP contribution >= 0.6 is 0 Å². The van der Waals surface area contributed by atoms with E-state index in [9.17, 15) is 4.79 Å². The Hall–Kier alpha value is -2.99. The average Bonchev–Trinajstić information content (AvgIpc) is 2.78. The lowest BCUT2D eigenvalue weighted by molar-refractivity contribution is -0.0946. The number of ether oxygens (including phenoxy) is 2. The highest BCUT2D eigenvalue weighted by atomic mass is 16.5. The number of hydrogen-bond acceptors (Lipinski definition) is 5. The molecule has 0 bridgehead atoms. The normalized spacial score (nSPS) is 17.9. The molecule has 5 rings (SSSR count). The number of carbonyl (C=O) groups is 1. The number of rotatable bonds is 2. The molecule has 1 spiro atoms. The molecule has 1 amide bonds. The van der Waals surface area contributed by atoms with Crippen LogP contribution in [0.15, 0.2) is 48.8 Å². The Morgan fingerprint density at radius 3 is 2.72 bits per heavy atom. The minimum absolute atomic E-state index is 0.00186. The lowest BCUT2D eigenvalue weighted by atomic mass is 9.78. The molecule has 6 heteroatoms. The lowest BCUT2D eigenvalue weighted by Crippen LogP contribution is -2.48. The number of carbonyl (C=O) groups excluding carboxylic acids is 1. The molecule has 2 aromatic carbocycles. The summed E-state index contributed by atoms with van der Waals surface area (Å²) in [5.74, 6) is 0.883. The summed E-state index contributed by atoms with van der Waals surface area (Å²) in [6.45, 7) is 1.97. The monoisotopic (exact) mass is 389 g/mol. The van der Waals surface area contributed by atoms with Crippen LogP contribution < -0.4 is 4.74 Å². The van der Waals surface area contributed by atoms with Crippen LogP contribution in [0.5, 0.6) is 5.75 Å². The van der Waals surface area contributed by atoms with Crippen molar-refractivity contribution in [3.63, 3.8) is 0 Å². The van der Waals surface area contributed by atoms with Crippen molar-refractivity contribution >= 4 is 16.9 Å². The molecule has 1 saturated heterocycles. The first-order chi connectivity index (χ1) is 14.2. The van der Waals surface area contributed by atoms with Crippen molar-refractivity contribution in [1.29, 1.82) is 0 Å². The maximum absolute atomic E-state index is 13.2. The smallest absolute Gasteiger partial charge is 0.256 e. The van der Waals surface area contributed by atoms with Gasteiger partial charge in [-0.25, -0.2) is 0 Å². The van der Waals surface area contributed by atoms with Crippen LogP contribution in [0.1, 0.15) is 34.3 Å². The molecule has 6 nitrogen and oxygen atoms in total. The molecule has 3 heterocycles. The summed E-state index contributed by atoms with van der Waals surface area (Å²) in [4.78, 5) is 23.8. The standard InChI is InChI=1S/C23H23N3O3/c1-28-19-7-2-4-16-8-15-29-23(20(16)19)9-13-26(14-10-23)22(27)17-5-3-6-18-21(17)25-12-11-24-18/h2-7,11-12H,8-10,13-15H2,1H3. The van der Waals surface area contributed by atoms with Crippen molar-refractivity contribution in [3.8, 4) is 5.75 Å². The molecule has 0 N–H and O–H groups in total. The van der Waals surface area contributed by atoms with Crippen molar-refractivity contribution in [2.45, 2.75) is 24.9 Å². The van der Waals surface area contributed by atoms with Gasteiger partial charge in [-0.3, -0.25) is 14.8 Å². The van der Waals surface area contributed by atoms with Gasteiger partial charge in [0.25, 0.3) is 5.91 Å². The van der Waals surface area contributed by atoms with E-state index < -0.39 is 0 Å². The summed E-state index contributed by atoms with van der Waals surface area (Å²) in [5, 5.41) is 0. The molecular weight excluding hydrogens is 366 g/mol. The molecule has 148 valence electrons. The van der Waals surface area contributed by atoms with E-state index in [1.54, 1.807) is 19.5 Å². The Morgan fingerprint density at radius 2 is 1.90 bits per heavy atom. The number of likely N-dealkylation sites (tertiary alicyclic amines) is 1. The van der Waals surface area contributed by atoms with E-state index in [1.165, 1.54) is 5.56 Å². The van der Waals surface area contributed by atoms with Crippen LogP contribution in [0.2, 0.25) is 0 Å². The van der Waals surface area contributed by atoms with E-state index in [2.05, 4.69) is 16.0 Å². The van der Waals surface area contributed by atoms with E-state index in [0.717, 1.165) is 36.1 Å². The minimum Gasteiger partial charge on any atom is -0.496 e. The highest BCUT2D eigenvalue weighted by Gasteiger charge is 2.43. The Bertz CT molecular complexity index is 1050. The average molecular weight is 389 g/mol. The van der Waals surface area contributed by atoms with E-state index in [0.29, 0.717) is 30.8 Å². The van der Waals surface area contributed by atoms with Gasteiger partial charge in [-0.1, -0.05) is 18.2 Å². The third kappa shape index (κ3) is 2.95. The fourth-order valence-corrected chi connectivity index (χ4v) is 4.70. The van der Waals surface area contributed by atoms with E-state index in [1.807, 2.05) is 35.2 Å². The second-order valence-electron chi connectivity index (χ2n) is 7.61. The first-order valence-electron chi connectivity index (χ1n) is 10.0. The third-order valence-electron chi connectivity index (χ3n) is 6.13. The Kier molecular flexibility index (Phi) is 4.43. The predicted molar refractivity (Wildman–Crippen MR) is 109 cm³/mol. The molecule has 1 aromatic heterocycles. The zero-order valence-corrected chi connectivity index (χ0v) is 16.4. The second kappa shape index (κ2) is 7.12. The maximum Gasteiger partial charge on any atom is 0.256 e. The van der Waals surface area contributed by atoms with Gasteiger partial charge >= 0.3 is 0 Å². The Balaban J connectivity index is 1.42. The van der Waals surface area contributed by atoms with Crippen LogP contribution in [-0.2, 0) is 16.8 Å². The van der Waals surface area contributed by atoms with Crippen LogP contribution in [0.3, 0.4) is 0 Å². The number of amides is 1. The zero-order valence-electron chi connectivity index (χ0n) is 16.4. The number of piperidine rings is 1. The topological polar surface area (TPSA) is 64.5 Å². The SMILES string of the molecule is COc1cccc2c1C1(CCN(C(=O)c3cccc4nccnc34)CC1)OCC2. The number of hydrogen-bond donors (Lipinski definition) is 0. The van der Waals surface area contributed by atoms with Gasteiger partial charge in [-0.15, -0.1) is 0 Å². The quantitative estimate of drug-likeness (QED) is 0.673. The van der Waals surface area contributed by atoms with Gasteiger partial charge in [0.1, 0.15) is 16.9 Å². The van der Waals surface area contributed by atoms with Crippen LogP contribution in [0.25, 0.3) is 11.0 Å². The largest absolute Gasteiger partial charge is 0.496 e. The first-order valence-corrected chi connectivity index (χ1v) is 10.0. The molecule has 0 radical (unpaired) electrons. The van der Waals surface area contributed by atoms with Gasteiger partial charge in [0.15, 0.2) is 0 Å². The van der Waals surface area contributed by atoms with Gasteiger partial charge in [0, 0.05) is 31.0 Å². The van der Waals surface area contributed by atoms with Gasteiger partial charge < -0.3 is 14.4 Å². The highest BCUT2D eigenvalue weighted by molar-refractivity contribution is 6.04. The molecular formula is C23H23N3O3. The second-order valence-corrected chi connectivity index (χ2v) is 7.61. The number of methoxy groups -OCH3 is 1. The van der Waals surface area contributed by atoms with Gasteiger partial charge in [-0.2, -0.15) is 0 Å². The summed E-state index contributed by atoms with van der Waals surface area (Å²) in [6, 6.07) is 11.8. The number of aromatic nitrogens is 2. The zero-order chi connectivity index (χ0) is 19.8. The van der Waals surface area contributed by atoms with Crippen molar-refractivity contribution in [2.75, 3.05) is 26.8 Å². The molecule has 0 atom stereocenters. The van der Waals surface area contributed by atoms with E-state index in [-0.39, 0.29) is 11.5 Å². The third-order valence-corrected chi connectivity index (χ3v) is 6.13. The summed E-state index contributed by atoms with van der Waals surface area (Å²) >= 11 is 0. The highest BCUT2D eigenvalue weighted by Crippen LogP contribution is 2.46. The van der Waals surface area contributed by atoms with Crippen molar-refractivity contribution in [3.05, 3.63) is 65.5 Å². The molecule has 3 aromatic rings. The summed E-state index contributed by atoms with van der Waals surface area (Å²) in [6.07, 6.45) is 5.67. The predicted octanol–water partition coefficient (Wildman–Crippen LogP) is 3.34. The number of fused-ring (bicyclic) bond motifs is 3. The number of benzene rings is 2. The number of nitrogens with zero attached hydrogens (tertiary/aromatic N) is 3. The van der Waals surface area contributed by atoms with Crippen LogP contribution in [-0.4, -0.2) is 47.6 Å². The van der Waals surface area contributed by atoms with Crippen LogP contribution in [0.4, 0.5) is 0 Å². The lowest BCUT2D eigenvalue weighted by Gasteiger charge is -2.45. The maximum atomic E-state index is 13.2. The molecule has 0 saturated carbocycles. The minimum atomic E-state index is -0.379. The summed E-state index contributed by atoms with van der Waals surface area (Å²) in [5.41, 5.74) is 4.07. The molecule has 29 heavy (non-hydrogen) atoms. The molecule has 1 fully saturated rings. The molecule has 2 aliphatic rings.